The van der Waals surface area contributed by atoms with Crippen LogP contribution in [0.3, 0.4) is 0 Å². The van der Waals surface area contributed by atoms with Crippen molar-refractivity contribution in [2.24, 2.45) is 7.05 Å². The third kappa shape index (κ3) is 1.82. The van der Waals surface area contributed by atoms with Crippen LogP contribution in [0.2, 0.25) is 0 Å². The van der Waals surface area contributed by atoms with Crippen LogP contribution in [-0.2, 0) is 7.05 Å². The molecule has 82 valence electrons. The Morgan fingerprint density at radius 3 is 2.75 bits per heavy atom. The molecule has 0 aliphatic carbocycles. The van der Waals surface area contributed by atoms with E-state index < -0.39 is 5.97 Å². The minimum atomic E-state index is -0.914. The van der Waals surface area contributed by atoms with Gasteiger partial charge in [-0.25, -0.2) is 4.79 Å². The molecule has 0 aliphatic heterocycles. The fourth-order valence-electron chi connectivity index (χ4n) is 1.65. The molecule has 0 unspecified atom stereocenters. The Hall–Kier alpha value is -2.10. The Morgan fingerprint density at radius 1 is 1.44 bits per heavy atom. The quantitative estimate of drug-likeness (QED) is 0.836. The van der Waals surface area contributed by atoms with Crippen molar-refractivity contribution in [3.63, 3.8) is 0 Å². The van der Waals surface area contributed by atoms with Crippen LogP contribution in [0.25, 0.3) is 11.1 Å². The number of aryl methyl sites for hydroxylation is 2. The number of aromatic nitrogens is 2. The topological polar surface area (TPSA) is 55.1 Å². The van der Waals surface area contributed by atoms with E-state index in [1.165, 1.54) is 0 Å². The van der Waals surface area contributed by atoms with Crippen LogP contribution in [0.5, 0.6) is 0 Å². The van der Waals surface area contributed by atoms with Gasteiger partial charge in [-0.05, 0) is 18.6 Å². The molecular formula is C12H12N2O2. The van der Waals surface area contributed by atoms with E-state index in [4.69, 9.17) is 5.11 Å². The summed E-state index contributed by atoms with van der Waals surface area (Å²) in [4.78, 5) is 11.1. The fourth-order valence-corrected chi connectivity index (χ4v) is 1.65. The van der Waals surface area contributed by atoms with E-state index in [0.29, 0.717) is 11.1 Å². The fraction of sp³-hybridized carbons (Fsp3) is 0.167. The van der Waals surface area contributed by atoms with Crippen molar-refractivity contribution in [1.82, 2.24) is 9.78 Å². The van der Waals surface area contributed by atoms with Gasteiger partial charge in [0.05, 0.1) is 11.8 Å². The smallest absolute Gasteiger partial charge is 0.336 e. The third-order valence-corrected chi connectivity index (χ3v) is 2.42. The lowest BCUT2D eigenvalue weighted by Crippen LogP contribution is -1.99. The maximum atomic E-state index is 11.1. The average Bonchev–Trinajstić information content (AvgIpc) is 2.64. The molecule has 16 heavy (non-hydrogen) atoms. The Bertz CT molecular complexity index is 544. The number of carboxylic acids is 1. The lowest BCUT2D eigenvalue weighted by Gasteiger charge is -2.04. The number of hydrogen-bond donors (Lipinski definition) is 1. The summed E-state index contributed by atoms with van der Waals surface area (Å²) >= 11 is 0. The highest BCUT2D eigenvalue weighted by molar-refractivity contribution is 5.96. The molecule has 1 aromatic carbocycles. The van der Waals surface area contributed by atoms with E-state index in [-0.39, 0.29) is 0 Å². The summed E-state index contributed by atoms with van der Waals surface area (Å²) < 4.78 is 1.65. The van der Waals surface area contributed by atoms with E-state index in [2.05, 4.69) is 5.10 Å². The second-order valence-corrected chi connectivity index (χ2v) is 3.76. The maximum absolute atomic E-state index is 11.1. The van der Waals surface area contributed by atoms with Gasteiger partial charge in [0.25, 0.3) is 0 Å². The Morgan fingerprint density at radius 2 is 2.19 bits per heavy atom. The van der Waals surface area contributed by atoms with Crippen LogP contribution < -0.4 is 0 Å². The highest BCUT2D eigenvalue weighted by Crippen LogP contribution is 2.24. The first kappa shape index (κ1) is 10.4. The zero-order valence-corrected chi connectivity index (χ0v) is 9.14. The van der Waals surface area contributed by atoms with Gasteiger partial charge in [-0.15, -0.1) is 0 Å². The van der Waals surface area contributed by atoms with E-state index in [1.807, 2.05) is 19.1 Å². The van der Waals surface area contributed by atoms with Gasteiger partial charge < -0.3 is 5.11 Å². The van der Waals surface area contributed by atoms with Crippen LogP contribution >= 0.6 is 0 Å². The number of benzene rings is 1. The number of carbonyl (C=O) groups is 1. The molecule has 1 heterocycles. The normalized spacial score (nSPS) is 10.4. The van der Waals surface area contributed by atoms with Crippen molar-refractivity contribution >= 4 is 5.97 Å². The molecule has 0 saturated carbocycles. The largest absolute Gasteiger partial charge is 0.478 e. The molecule has 0 radical (unpaired) electrons. The van der Waals surface area contributed by atoms with E-state index in [0.717, 1.165) is 11.1 Å². The van der Waals surface area contributed by atoms with Crippen LogP contribution in [0.4, 0.5) is 0 Å². The third-order valence-electron chi connectivity index (χ3n) is 2.42. The Labute approximate surface area is 93.1 Å². The molecule has 0 aliphatic rings. The molecule has 0 amide bonds. The van der Waals surface area contributed by atoms with Gasteiger partial charge in [0, 0.05) is 18.8 Å². The Kier molecular flexibility index (Phi) is 2.48. The molecular weight excluding hydrogens is 204 g/mol. The second-order valence-electron chi connectivity index (χ2n) is 3.76. The van der Waals surface area contributed by atoms with Gasteiger partial charge in [-0.1, -0.05) is 17.7 Å². The monoisotopic (exact) mass is 216 g/mol. The van der Waals surface area contributed by atoms with Crippen LogP contribution in [0, 0.1) is 6.92 Å². The maximum Gasteiger partial charge on any atom is 0.336 e. The molecule has 0 bridgehead atoms. The Balaban J connectivity index is 2.60. The van der Waals surface area contributed by atoms with Crippen molar-refractivity contribution in [2.45, 2.75) is 6.92 Å². The number of aromatic carboxylic acids is 1. The molecule has 0 spiro atoms. The zero-order chi connectivity index (χ0) is 11.7. The SMILES string of the molecule is Cc1ccc(-c2cnn(C)c2)c(C(=O)O)c1. The minimum absolute atomic E-state index is 0.313. The molecule has 4 heteroatoms. The van der Waals surface area contributed by atoms with Gasteiger partial charge in [-0.3, -0.25) is 4.68 Å². The molecule has 1 N–H and O–H groups in total. The summed E-state index contributed by atoms with van der Waals surface area (Å²) in [6.07, 6.45) is 3.47. The average molecular weight is 216 g/mol. The van der Waals surface area contributed by atoms with Crippen molar-refractivity contribution in [3.05, 3.63) is 41.7 Å². The van der Waals surface area contributed by atoms with Gasteiger partial charge in [0.2, 0.25) is 0 Å². The van der Waals surface area contributed by atoms with E-state index in [1.54, 1.807) is 30.2 Å². The predicted molar refractivity (Wildman–Crippen MR) is 60.3 cm³/mol. The lowest BCUT2D eigenvalue weighted by molar-refractivity contribution is 0.0697. The van der Waals surface area contributed by atoms with E-state index in [9.17, 15) is 4.79 Å². The first-order valence-electron chi connectivity index (χ1n) is 4.91. The summed E-state index contributed by atoms with van der Waals surface area (Å²) in [6, 6.07) is 5.38. The first-order valence-corrected chi connectivity index (χ1v) is 4.91. The molecule has 1 aromatic heterocycles. The van der Waals surface area contributed by atoms with Crippen molar-refractivity contribution < 1.29 is 9.90 Å². The minimum Gasteiger partial charge on any atom is -0.478 e. The predicted octanol–water partition coefficient (Wildman–Crippen LogP) is 2.09. The summed E-state index contributed by atoms with van der Waals surface area (Å²) in [7, 11) is 1.80. The summed E-state index contributed by atoms with van der Waals surface area (Å²) in [5, 5.41) is 13.2. The highest BCUT2D eigenvalue weighted by atomic mass is 16.4. The van der Waals surface area contributed by atoms with Crippen LogP contribution in [0.15, 0.2) is 30.6 Å². The molecule has 0 fully saturated rings. The van der Waals surface area contributed by atoms with Crippen LogP contribution in [0.1, 0.15) is 15.9 Å². The van der Waals surface area contributed by atoms with Crippen LogP contribution in [-0.4, -0.2) is 20.9 Å². The molecule has 2 rings (SSSR count). The van der Waals surface area contributed by atoms with E-state index >= 15 is 0 Å². The number of nitrogens with zero attached hydrogens (tertiary/aromatic N) is 2. The van der Waals surface area contributed by atoms with Gasteiger partial charge in [0.1, 0.15) is 0 Å². The number of rotatable bonds is 2. The summed E-state index contributed by atoms with van der Waals surface area (Å²) in [6.45, 7) is 1.87. The number of hydrogen-bond acceptors (Lipinski definition) is 2. The van der Waals surface area contributed by atoms with Crippen molar-refractivity contribution in [2.75, 3.05) is 0 Å². The molecule has 0 atom stereocenters. The summed E-state index contributed by atoms with van der Waals surface area (Å²) in [5.74, 6) is -0.914. The van der Waals surface area contributed by atoms with Crippen molar-refractivity contribution in [3.8, 4) is 11.1 Å². The van der Waals surface area contributed by atoms with Gasteiger partial charge in [0.15, 0.2) is 0 Å². The van der Waals surface area contributed by atoms with Gasteiger partial charge >= 0.3 is 5.97 Å². The second kappa shape index (κ2) is 3.81. The van der Waals surface area contributed by atoms with Gasteiger partial charge in [-0.2, -0.15) is 5.10 Å². The summed E-state index contributed by atoms with van der Waals surface area (Å²) in [5.41, 5.74) is 2.77. The standard InChI is InChI=1S/C12H12N2O2/c1-8-3-4-10(11(5-8)12(15)16)9-6-13-14(2)7-9/h3-7H,1-2H3,(H,15,16). The molecule has 4 nitrogen and oxygen atoms in total. The van der Waals surface area contributed by atoms with Crippen molar-refractivity contribution in [1.29, 1.82) is 0 Å². The molecule has 0 saturated heterocycles. The lowest BCUT2D eigenvalue weighted by atomic mass is 10.0. The number of carboxylic acid groups (broad SMARTS) is 1. The zero-order valence-electron chi connectivity index (χ0n) is 9.14. The first-order chi connectivity index (χ1) is 7.58. The molecule has 2 aromatic rings. The highest BCUT2D eigenvalue weighted by Gasteiger charge is 2.12.